The van der Waals surface area contributed by atoms with Gasteiger partial charge in [-0.25, -0.2) is 4.79 Å². The molecule has 0 saturated carbocycles. The van der Waals surface area contributed by atoms with Crippen LogP contribution in [0.25, 0.3) is 0 Å². The van der Waals surface area contributed by atoms with Gasteiger partial charge >= 0.3 is 5.97 Å². The maximum absolute atomic E-state index is 11.5. The van der Waals surface area contributed by atoms with Crippen LogP contribution in [0.5, 0.6) is 0 Å². The van der Waals surface area contributed by atoms with Crippen LogP contribution in [0.2, 0.25) is 0 Å². The van der Waals surface area contributed by atoms with Crippen molar-refractivity contribution in [3.63, 3.8) is 0 Å². The zero-order valence-electron chi connectivity index (χ0n) is 9.03. The van der Waals surface area contributed by atoms with E-state index < -0.39 is 12.0 Å². The van der Waals surface area contributed by atoms with Crippen molar-refractivity contribution in [2.24, 2.45) is 0 Å². The van der Waals surface area contributed by atoms with Crippen molar-refractivity contribution in [2.45, 2.75) is 32.2 Å². The van der Waals surface area contributed by atoms with E-state index in [1.54, 1.807) is 0 Å². The second-order valence-corrected chi connectivity index (χ2v) is 3.78. The highest BCUT2D eigenvalue weighted by atomic mass is 16.4. The van der Waals surface area contributed by atoms with Crippen molar-refractivity contribution in [1.29, 1.82) is 0 Å². The van der Waals surface area contributed by atoms with Crippen LogP contribution in [-0.2, 0) is 9.59 Å². The fourth-order valence-corrected chi connectivity index (χ4v) is 1.73. The topological polar surface area (TPSA) is 69.6 Å². The molecule has 15 heavy (non-hydrogen) atoms. The summed E-state index contributed by atoms with van der Waals surface area (Å²) in [6, 6.07) is -0.692. The van der Waals surface area contributed by atoms with Crippen molar-refractivity contribution in [2.75, 3.05) is 19.6 Å². The third-order valence-electron chi connectivity index (χ3n) is 2.60. The van der Waals surface area contributed by atoms with Gasteiger partial charge in [-0.3, -0.25) is 4.79 Å². The minimum atomic E-state index is -0.924. The molecular formula is C10H18N2O3. The number of carboxylic acid groups (broad SMARTS) is 1. The molecule has 1 amide bonds. The second-order valence-electron chi connectivity index (χ2n) is 3.78. The Kier molecular flexibility index (Phi) is 4.55. The molecule has 1 saturated heterocycles. The normalized spacial score (nSPS) is 21.8. The van der Waals surface area contributed by atoms with E-state index in [2.05, 4.69) is 12.2 Å². The number of amides is 1. The summed E-state index contributed by atoms with van der Waals surface area (Å²) in [5.74, 6) is -1.03. The van der Waals surface area contributed by atoms with E-state index >= 15 is 0 Å². The number of nitrogens with zero attached hydrogens (tertiary/aromatic N) is 1. The molecule has 0 aromatic rings. The van der Waals surface area contributed by atoms with Gasteiger partial charge in [0.05, 0.1) is 6.54 Å². The van der Waals surface area contributed by atoms with E-state index in [9.17, 15) is 9.59 Å². The van der Waals surface area contributed by atoms with E-state index in [-0.39, 0.29) is 12.5 Å². The smallest absolute Gasteiger partial charge is 0.327 e. The zero-order valence-corrected chi connectivity index (χ0v) is 9.03. The molecule has 1 aliphatic heterocycles. The lowest BCUT2D eigenvalue weighted by atomic mass is 10.1. The van der Waals surface area contributed by atoms with Crippen molar-refractivity contribution in [3.05, 3.63) is 0 Å². The number of rotatable bonds is 5. The van der Waals surface area contributed by atoms with E-state index in [4.69, 9.17) is 5.11 Å². The lowest BCUT2D eigenvalue weighted by Gasteiger charge is -2.33. The molecule has 86 valence electrons. The number of unbranched alkanes of at least 4 members (excludes halogenated alkanes) is 2. The molecule has 1 unspecified atom stereocenters. The molecule has 5 nitrogen and oxygen atoms in total. The van der Waals surface area contributed by atoms with Gasteiger partial charge in [-0.1, -0.05) is 19.8 Å². The average Bonchev–Trinajstić information content (AvgIpc) is 2.20. The van der Waals surface area contributed by atoms with Crippen LogP contribution in [0.3, 0.4) is 0 Å². The predicted octanol–water partition coefficient (Wildman–Crippen LogP) is 0.0616. The average molecular weight is 214 g/mol. The van der Waals surface area contributed by atoms with E-state index in [1.807, 2.05) is 0 Å². The summed E-state index contributed by atoms with van der Waals surface area (Å²) in [7, 11) is 0. The number of hydrogen-bond acceptors (Lipinski definition) is 3. The molecular weight excluding hydrogens is 196 g/mol. The molecule has 1 atom stereocenters. The number of carbonyl (C=O) groups is 2. The van der Waals surface area contributed by atoms with Gasteiger partial charge < -0.3 is 15.3 Å². The van der Waals surface area contributed by atoms with Gasteiger partial charge in [0.25, 0.3) is 0 Å². The molecule has 0 spiro atoms. The first kappa shape index (κ1) is 12.0. The number of hydrogen-bond donors (Lipinski definition) is 2. The number of nitrogens with one attached hydrogen (secondary N) is 1. The largest absolute Gasteiger partial charge is 0.480 e. The summed E-state index contributed by atoms with van der Waals surface area (Å²) in [5, 5.41) is 11.8. The molecule has 1 aliphatic rings. The van der Waals surface area contributed by atoms with E-state index in [1.165, 1.54) is 4.90 Å². The molecule has 5 heteroatoms. The second kappa shape index (κ2) is 5.70. The maximum Gasteiger partial charge on any atom is 0.327 e. The van der Waals surface area contributed by atoms with Gasteiger partial charge in [0.15, 0.2) is 0 Å². The van der Waals surface area contributed by atoms with Crippen LogP contribution in [-0.4, -0.2) is 47.6 Å². The summed E-state index contributed by atoms with van der Waals surface area (Å²) >= 11 is 0. The highest BCUT2D eigenvalue weighted by Crippen LogP contribution is 2.07. The summed E-state index contributed by atoms with van der Waals surface area (Å²) in [5.41, 5.74) is 0. The monoisotopic (exact) mass is 214 g/mol. The van der Waals surface area contributed by atoms with Crippen LogP contribution in [0, 0.1) is 0 Å². The molecule has 2 N–H and O–H groups in total. The Morgan fingerprint density at radius 3 is 2.93 bits per heavy atom. The van der Waals surface area contributed by atoms with Crippen molar-refractivity contribution < 1.29 is 14.7 Å². The molecule has 0 aromatic carbocycles. The lowest BCUT2D eigenvalue weighted by molar-refractivity contribution is -0.151. The fourth-order valence-electron chi connectivity index (χ4n) is 1.73. The van der Waals surface area contributed by atoms with Crippen LogP contribution in [0.15, 0.2) is 0 Å². The number of aliphatic carboxylic acids is 1. The summed E-state index contributed by atoms with van der Waals surface area (Å²) < 4.78 is 0. The Labute approximate surface area is 89.4 Å². The minimum Gasteiger partial charge on any atom is -0.480 e. The molecule has 0 radical (unpaired) electrons. The number of carbonyl (C=O) groups excluding carboxylic acids is 1. The van der Waals surface area contributed by atoms with Gasteiger partial charge in [0, 0.05) is 13.1 Å². The minimum absolute atomic E-state index is 0.107. The van der Waals surface area contributed by atoms with Gasteiger partial charge in [0.2, 0.25) is 5.91 Å². The quantitative estimate of drug-likeness (QED) is 0.635. The summed E-state index contributed by atoms with van der Waals surface area (Å²) in [6.07, 6.45) is 2.98. The predicted molar refractivity (Wildman–Crippen MR) is 55.5 cm³/mol. The fraction of sp³-hybridized carbons (Fsp3) is 0.800. The highest BCUT2D eigenvalue weighted by Gasteiger charge is 2.32. The van der Waals surface area contributed by atoms with Gasteiger partial charge in [-0.05, 0) is 6.42 Å². The first-order chi connectivity index (χ1) is 7.16. The maximum atomic E-state index is 11.5. The molecule has 0 bridgehead atoms. The lowest BCUT2D eigenvalue weighted by Crippen LogP contribution is -2.58. The molecule has 1 fully saturated rings. The zero-order chi connectivity index (χ0) is 11.3. The van der Waals surface area contributed by atoms with Crippen LogP contribution in [0.4, 0.5) is 0 Å². The number of piperazine rings is 1. The summed E-state index contributed by atoms with van der Waals surface area (Å²) in [4.78, 5) is 23.9. The highest BCUT2D eigenvalue weighted by molar-refractivity contribution is 5.86. The molecule has 1 rings (SSSR count). The van der Waals surface area contributed by atoms with Gasteiger partial charge in [0.1, 0.15) is 6.04 Å². The van der Waals surface area contributed by atoms with Crippen molar-refractivity contribution in [1.82, 2.24) is 10.2 Å². The van der Waals surface area contributed by atoms with Crippen molar-refractivity contribution in [3.8, 4) is 0 Å². The van der Waals surface area contributed by atoms with Crippen LogP contribution < -0.4 is 5.32 Å². The summed E-state index contributed by atoms with van der Waals surface area (Å²) in [6.45, 7) is 3.25. The SMILES string of the molecule is CCCCCN1C(=O)CNCC1C(=O)O. The standard InChI is InChI=1S/C10H18N2O3/c1-2-3-4-5-12-8(10(14)15)6-11-7-9(12)13/h8,11H,2-7H2,1H3,(H,14,15). The Hall–Kier alpha value is -1.10. The molecule has 1 heterocycles. The van der Waals surface area contributed by atoms with Crippen molar-refractivity contribution >= 4 is 11.9 Å². The first-order valence-corrected chi connectivity index (χ1v) is 5.39. The Bertz CT molecular complexity index is 243. The van der Waals surface area contributed by atoms with Gasteiger partial charge in [-0.15, -0.1) is 0 Å². The third kappa shape index (κ3) is 3.20. The number of carboxylic acids is 1. The van der Waals surface area contributed by atoms with Gasteiger partial charge in [-0.2, -0.15) is 0 Å². The van der Waals surface area contributed by atoms with Crippen LogP contribution in [0.1, 0.15) is 26.2 Å². The van der Waals surface area contributed by atoms with E-state index in [0.29, 0.717) is 13.1 Å². The Balaban J connectivity index is 2.52. The Morgan fingerprint density at radius 1 is 1.60 bits per heavy atom. The van der Waals surface area contributed by atoms with Crippen LogP contribution >= 0.6 is 0 Å². The molecule has 0 aliphatic carbocycles. The van der Waals surface area contributed by atoms with E-state index in [0.717, 1.165) is 19.3 Å². The molecule has 0 aromatic heterocycles. The third-order valence-corrected chi connectivity index (χ3v) is 2.60. The first-order valence-electron chi connectivity index (χ1n) is 5.39. The Morgan fingerprint density at radius 2 is 2.33 bits per heavy atom.